The molecule has 2 rings (SSSR count). The van der Waals surface area contributed by atoms with Crippen LogP contribution in [0, 0.1) is 5.92 Å². The molecule has 112 valence electrons. The van der Waals surface area contributed by atoms with Crippen molar-refractivity contribution in [3.63, 3.8) is 0 Å². The molecule has 1 saturated heterocycles. The van der Waals surface area contributed by atoms with E-state index in [1.165, 1.54) is 0 Å². The summed E-state index contributed by atoms with van der Waals surface area (Å²) in [6.07, 6.45) is 1.37. The molecule has 1 N–H and O–H groups in total. The highest BCUT2D eigenvalue weighted by Gasteiger charge is 2.31. The van der Waals surface area contributed by atoms with Gasteiger partial charge in [0.05, 0.1) is 6.61 Å². The number of sulfonamides is 1. The van der Waals surface area contributed by atoms with Gasteiger partial charge in [-0.25, -0.2) is 13.1 Å². The second kappa shape index (κ2) is 6.70. The van der Waals surface area contributed by atoms with Gasteiger partial charge in [-0.15, -0.1) is 0 Å². The van der Waals surface area contributed by atoms with Crippen molar-refractivity contribution in [2.24, 2.45) is 5.92 Å². The van der Waals surface area contributed by atoms with Crippen LogP contribution in [0.1, 0.15) is 38.3 Å². The van der Waals surface area contributed by atoms with Crippen molar-refractivity contribution in [1.82, 2.24) is 4.72 Å². The largest absolute Gasteiger partial charge is 0.380 e. The number of rotatable bonds is 6. The molecule has 1 aromatic carbocycles. The summed E-state index contributed by atoms with van der Waals surface area (Å²) in [6, 6.07) is 9.60. The molecule has 4 nitrogen and oxygen atoms in total. The lowest BCUT2D eigenvalue weighted by Gasteiger charge is -2.22. The number of benzene rings is 1. The first-order valence-corrected chi connectivity index (χ1v) is 8.67. The molecular weight excluding hydrogens is 274 g/mol. The maximum Gasteiger partial charge on any atom is 0.217 e. The molecule has 1 aliphatic rings. The van der Waals surface area contributed by atoms with Gasteiger partial charge >= 0.3 is 0 Å². The Morgan fingerprint density at radius 3 is 2.55 bits per heavy atom. The Bertz CT molecular complexity index is 507. The topological polar surface area (TPSA) is 55.4 Å². The first kappa shape index (κ1) is 15.5. The van der Waals surface area contributed by atoms with Gasteiger partial charge in [0.2, 0.25) is 10.0 Å². The minimum Gasteiger partial charge on any atom is -0.380 e. The van der Waals surface area contributed by atoms with E-state index in [2.05, 4.69) is 18.6 Å². The Morgan fingerprint density at radius 1 is 1.30 bits per heavy atom. The van der Waals surface area contributed by atoms with E-state index < -0.39 is 15.3 Å². The second-order valence-electron chi connectivity index (χ2n) is 5.74. The Labute approximate surface area is 121 Å². The average molecular weight is 297 g/mol. The zero-order valence-corrected chi connectivity index (χ0v) is 12.9. The van der Waals surface area contributed by atoms with Crippen LogP contribution >= 0.6 is 0 Å². The van der Waals surface area contributed by atoms with Crippen LogP contribution in [0.15, 0.2) is 30.3 Å². The summed E-state index contributed by atoms with van der Waals surface area (Å²) >= 11 is 0. The lowest BCUT2D eigenvalue weighted by molar-refractivity contribution is 0.198. The summed E-state index contributed by atoms with van der Waals surface area (Å²) in [5, 5.41) is -0.416. The third-order valence-corrected chi connectivity index (χ3v) is 5.40. The summed E-state index contributed by atoms with van der Waals surface area (Å²) in [4.78, 5) is 0. The van der Waals surface area contributed by atoms with Crippen LogP contribution in [0.2, 0.25) is 0 Å². The van der Waals surface area contributed by atoms with Gasteiger partial charge in [-0.2, -0.15) is 0 Å². The molecular formula is C15H23NO3S. The van der Waals surface area contributed by atoms with Gasteiger partial charge in [0.1, 0.15) is 5.25 Å². The van der Waals surface area contributed by atoms with Gasteiger partial charge in [0.25, 0.3) is 0 Å². The van der Waals surface area contributed by atoms with Gasteiger partial charge in [-0.1, -0.05) is 44.2 Å². The maximum absolute atomic E-state index is 12.4. The SMILES string of the molecule is CC(C)C[C@H](NS(=O)(=O)[C@@H]1CCOC1)c1ccccc1. The number of hydrogen-bond donors (Lipinski definition) is 1. The van der Waals surface area contributed by atoms with Crippen molar-refractivity contribution in [2.75, 3.05) is 13.2 Å². The molecule has 0 amide bonds. The standard InChI is InChI=1S/C15H23NO3S/c1-12(2)10-15(13-6-4-3-5-7-13)16-20(17,18)14-8-9-19-11-14/h3-7,12,14-16H,8-11H2,1-2H3/t14-,15+/m1/s1. The molecule has 1 aromatic rings. The van der Waals surface area contributed by atoms with E-state index in [-0.39, 0.29) is 6.04 Å². The van der Waals surface area contributed by atoms with E-state index in [4.69, 9.17) is 4.74 Å². The predicted molar refractivity (Wildman–Crippen MR) is 79.9 cm³/mol. The van der Waals surface area contributed by atoms with E-state index in [0.29, 0.717) is 25.6 Å². The van der Waals surface area contributed by atoms with Crippen molar-refractivity contribution in [3.05, 3.63) is 35.9 Å². The molecule has 0 aromatic heterocycles. The number of hydrogen-bond acceptors (Lipinski definition) is 3. The molecule has 2 atom stereocenters. The smallest absolute Gasteiger partial charge is 0.217 e. The van der Waals surface area contributed by atoms with E-state index in [1.807, 2.05) is 30.3 Å². The molecule has 1 aliphatic heterocycles. The van der Waals surface area contributed by atoms with Crippen LogP contribution < -0.4 is 4.72 Å². The summed E-state index contributed by atoms with van der Waals surface area (Å²) in [6.45, 7) is 5.04. The van der Waals surface area contributed by atoms with E-state index in [9.17, 15) is 8.42 Å². The zero-order chi connectivity index (χ0) is 14.6. The molecule has 0 aliphatic carbocycles. The molecule has 20 heavy (non-hydrogen) atoms. The normalized spacial score (nSPS) is 21.2. The molecule has 0 saturated carbocycles. The first-order valence-electron chi connectivity index (χ1n) is 7.13. The summed E-state index contributed by atoms with van der Waals surface area (Å²) in [5.74, 6) is 0.419. The Hall–Kier alpha value is -0.910. The van der Waals surface area contributed by atoms with Gasteiger partial charge < -0.3 is 4.74 Å². The van der Waals surface area contributed by atoms with Crippen molar-refractivity contribution in [2.45, 2.75) is 38.0 Å². The molecule has 0 spiro atoms. The lowest BCUT2D eigenvalue weighted by Crippen LogP contribution is -2.37. The first-order chi connectivity index (χ1) is 9.49. The monoisotopic (exact) mass is 297 g/mol. The third kappa shape index (κ3) is 4.04. The minimum absolute atomic E-state index is 0.165. The summed E-state index contributed by atoms with van der Waals surface area (Å²) in [7, 11) is -3.33. The Morgan fingerprint density at radius 2 is 2.00 bits per heavy atom. The summed E-state index contributed by atoms with van der Waals surface area (Å²) < 4.78 is 32.9. The summed E-state index contributed by atoms with van der Waals surface area (Å²) in [5.41, 5.74) is 1.02. The van der Waals surface area contributed by atoms with E-state index in [1.54, 1.807) is 0 Å². The second-order valence-corrected chi connectivity index (χ2v) is 7.73. The van der Waals surface area contributed by atoms with Crippen molar-refractivity contribution >= 4 is 10.0 Å². The number of nitrogens with one attached hydrogen (secondary N) is 1. The molecule has 1 heterocycles. The van der Waals surface area contributed by atoms with E-state index in [0.717, 1.165) is 12.0 Å². The molecule has 5 heteroatoms. The molecule has 0 unspecified atom stereocenters. The van der Waals surface area contributed by atoms with Crippen LogP contribution in [-0.2, 0) is 14.8 Å². The zero-order valence-electron chi connectivity index (χ0n) is 12.1. The van der Waals surface area contributed by atoms with Crippen molar-refractivity contribution < 1.29 is 13.2 Å². The Kier molecular flexibility index (Phi) is 5.18. The predicted octanol–water partition coefficient (Wildman–Crippen LogP) is 2.48. The van der Waals surface area contributed by atoms with Gasteiger partial charge in [0, 0.05) is 12.6 Å². The fourth-order valence-electron chi connectivity index (χ4n) is 2.46. The molecule has 1 fully saturated rings. The van der Waals surface area contributed by atoms with Crippen LogP contribution in [-0.4, -0.2) is 26.9 Å². The van der Waals surface area contributed by atoms with Crippen LogP contribution in [0.5, 0.6) is 0 Å². The van der Waals surface area contributed by atoms with Crippen LogP contribution in [0.4, 0.5) is 0 Å². The fourth-order valence-corrected chi connectivity index (χ4v) is 3.96. The lowest BCUT2D eigenvalue weighted by atomic mass is 9.98. The van der Waals surface area contributed by atoms with Crippen LogP contribution in [0.25, 0.3) is 0 Å². The van der Waals surface area contributed by atoms with Gasteiger partial charge in [-0.3, -0.25) is 0 Å². The number of ether oxygens (including phenoxy) is 1. The van der Waals surface area contributed by atoms with Crippen LogP contribution in [0.3, 0.4) is 0 Å². The Balaban J connectivity index is 2.15. The van der Waals surface area contributed by atoms with Crippen molar-refractivity contribution in [3.8, 4) is 0 Å². The van der Waals surface area contributed by atoms with E-state index >= 15 is 0 Å². The fraction of sp³-hybridized carbons (Fsp3) is 0.600. The highest BCUT2D eigenvalue weighted by Crippen LogP contribution is 2.24. The van der Waals surface area contributed by atoms with Gasteiger partial charge in [0.15, 0.2) is 0 Å². The molecule has 0 radical (unpaired) electrons. The minimum atomic E-state index is -3.33. The maximum atomic E-state index is 12.4. The quantitative estimate of drug-likeness (QED) is 0.877. The highest BCUT2D eigenvalue weighted by molar-refractivity contribution is 7.90. The third-order valence-electron chi connectivity index (χ3n) is 3.54. The average Bonchev–Trinajstić information content (AvgIpc) is 2.93. The molecule has 0 bridgehead atoms. The van der Waals surface area contributed by atoms with Gasteiger partial charge in [-0.05, 0) is 24.3 Å². The van der Waals surface area contributed by atoms with Crippen molar-refractivity contribution in [1.29, 1.82) is 0 Å². The highest BCUT2D eigenvalue weighted by atomic mass is 32.2.